The lowest BCUT2D eigenvalue weighted by Gasteiger charge is -2.36. The molecule has 1 aliphatic rings. The van der Waals surface area contributed by atoms with Crippen molar-refractivity contribution in [2.45, 2.75) is 6.92 Å². The third kappa shape index (κ3) is 4.60. The molecule has 7 nitrogen and oxygen atoms in total. The molecule has 144 valence electrons. The Bertz CT molecular complexity index is 864. The standard InChI is InChI=1S/C21H22N4O3/c1-2-28-20(26)17-5-9-19(10-6-17)24-11-13-25(14-12-24)21(27)23-18-7-3-16(15-22)4-8-18/h3-10H,2,11-14H2,1H3,(H,23,27). The molecule has 2 amide bonds. The molecule has 2 aromatic rings. The van der Waals surface area contributed by atoms with Gasteiger partial charge in [-0.25, -0.2) is 9.59 Å². The number of hydrogen-bond donors (Lipinski definition) is 1. The van der Waals surface area contributed by atoms with E-state index >= 15 is 0 Å². The molecule has 1 aliphatic heterocycles. The van der Waals surface area contributed by atoms with Gasteiger partial charge in [-0.1, -0.05) is 0 Å². The second kappa shape index (κ2) is 8.91. The number of anilines is 2. The van der Waals surface area contributed by atoms with Crippen LogP contribution in [-0.4, -0.2) is 49.7 Å². The van der Waals surface area contributed by atoms with Gasteiger partial charge in [-0.15, -0.1) is 0 Å². The first-order valence-electron chi connectivity index (χ1n) is 9.19. The van der Waals surface area contributed by atoms with Crippen LogP contribution >= 0.6 is 0 Å². The van der Waals surface area contributed by atoms with Gasteiger partial charge in [-0.2, -0.15) is 5.26 Å². The number of benzene rings is 2. The Morgan fingerprint density at radius 1 is 1.04 bits per heavy atom. The minimum Gasteiger partial charge on any atom is -0.462 e. The van der Waals surface area contributed by atoms with Crippen molar-refractivity contribution >= 4 is 23.4 Å². The second-order valence-corrected chi connectivity index (χ2v) is 6.36. The first-order valence-corrected chi connectivity index (χ1v) is 9.19. The molecule has 7 heteroatoms. The van der Waals surface area contributed by atoms with Gasteiger partial charge in [0, 0.05) is 37.6 Å². The van der Waals surface area contributed by atoms with E-state index in [9.17, 15) is 9.59 Å². The molecule has 0 aromatic heterocycles. The average molecular weight is 378 g/mol. The number of rotatable bonds is 4. The summed E-state index contributed by atoms with van der Waals surface area (Å²) in [7, 11) is 0. The lowest BCUT2D eigenvalue weighted by atomic mass is 10.2. The maximum Gasteiger partial charge on any atom is 0.338 e. The van der Waals surface area contributed by atoms with Crippen molar-refractivity contribution in [1.29, 1.82) is 5.26 Å². The minimum atomic E-state index is -0.321. The van der Waals surface area contributed by atoms with Crippen LogP contribution in [0.3, 0.4) is 0 Å². The highest BCUT2D eigenvalue weighted by Gasteiger charge is 2.21. The van der Waals surface area contributed by atoms with E-state index in [0.29, 0.717) is 49.6 Å². The number of nitrogens with zero attached hydrogens (tertiary/aromatic N) is 3. The zero-order valence-corrected chi connectivity index (χ0v) is 15.7. The van der Waals surface area contributed by atoms with Crippen LogP contribution < -0.4 is 10.2 Å². The van der Waals surface area contributed by atoms with Crippen molar-refractivity contribution in [3.05, 3.63) is 59.7 Å². The Hall–Kier alpha value is -3.53. The van der Waals surface area contributed by atoms with Crippen LogP contribution in [0.5, 0.6) is 0 Å². The molecular formula is C21H22N4O3. The van der Waals surface area contributed by atoms with Crippen molar-refractivity contribution in [3.63, 3.8) is 0 Å². The molecule has 0 bridgehead atoms. The van der Waals surface area contributed by atoms with E-state index in [1.165, 1.54) is 0 Å². The SMILES string of the molecule is CCOC(=O)c1ccc(N2CCN(C(=O)Nc3ccc(C#N)cc3)CC2)cc1. The monoisotopic (exact) mass is 378 g/mol. The topological polar surface area (TPSA) is 85.7 Å². The molecule has 0 saturated carbocycles. The molecule has 28 heavy (non-hydrogen) atoms. The average Bonchev–Trinajstić information content (AvgIpc) is 2.74. The largest absolute Gasteiger partial charge is 0.462 e. The molecule has 1 N–H and O–H groups in total. The third-order valence-electron chi connectivity index (χ3n) is 4.58. The summed E-state index contributed by atoms with van der Waals surface area (Å²) >= 11 is 0. The fourth-order valence-corrected chi connectivity index (χ4v) is 3.02. The molecule has 1 fully saturated rings. The highest BCUT2D eigenvalue weighted by atomic mass is 16.5. The van der Waals surface area contributed by atoms with Gasteiger partial charge in [0.1, 0.15) is 0 Å². The van der Waals surface area contributed by atoms with Gasteiger partial charge >= 0.3 is 12.0 Å². The molecule has 3 rings (SSSR count). The Labute approximate surface area is 164 Å². The van der Waals surface area contributed by atoms with E-state index in [1.807, 2.05) is 12.1 Å². The van der Waals surface area contributed by atoms with Crippen molar-refractivity contribution in [2.75, 3.05) is 43.0 Å². The number of nitrogens with one attached hydrogen (secondary N) is 1. The molecule has 0 unspecified atom stereocenters. The smallest absolute Gasteiger partial charge is 0.338 e. The van der Waals surface area contributed by atoms with Gasteiger partial charge < -0.3 is 19.9 Å². The first kappa shape index (κ1) is 19.2. The van der Waals surface area contributed by atoms with Crippen LogP contribution in [0.4, 0.5) is 16.2 Å². The van der Waals surface area contributed by atoms with Crippen molar-refractivity contribution < 1.29 is 14.3 Å². The molecule has 1 saturated heterocycles. The summed E-state index contributed by atoms with van der Waals surface area (Å²) in [6.45, 7) is 4.75. The summed E-state index contributed by atoms with van der Waals surface area (Å²) in [5.41, 5.74) is 2.77. The molecule has 0 spiro atoms. The third-order valence-corrected chi connectivity index (χ3v) is 4.58. The summed E-state index contributed by atoms with van der Waals surface area (Å²) in [4.78, 5) is 28.1. The Balaban J connectivity index is 1.52. The molecule has 2 aromatic carbocycles. The van der Waals surface area contributed by atoms with E-state index in [1.54, 1.807) is 48.2 Å². The van der Waals surface area contributed by atoms with Crippen molar-refractivity contribution in [1.82, 2.24) is 4.90 Å². The van der Waals surface area contributed by atoms with E-state index in [4.69, 9.17) is 10.00 Å². The quantitative estimate of drug-likeness (QED) is 0.827. The summed E-state index contributed by atoms with van der Waals surface area (Å²) < 4.78 is 5.00. The summed E-state index contributed by atoms with van der Waals surface area (Å²) in [6.07, 6.45) is 0. The van der Waals surface area contributed by atoms with Crippen LogP contribution in [0.2, 0.25) is 0 Å². The number of carbonyl (C=O) groups is 2. The lowest BCUT2D eigenvalue weighted by molar-refractivity contribution is 0.0526. The predicted molar refractivity (Wildman–Crippen MR) is 106 cm³/mol. The zero-order valence-electron chi connectivity index (χ0n) is 15.7. The molecule has 0 radical (unpaired) electrons. The summed E-state index contributed by atoms with van der Waals surface area (Å²) in [5, 5.41) is 11.7. The molecule has 0 aliphatic carbocycles. The number of ether oxygens (including phenoxy) is 1. The van der Waals surface area contributed by atoms with Crippen molar-refractivity contribution in [2.24, 2.45) is 0 Å². The predicted octanol–water partition coefficient (Wildman–Crippen LogP) is 3.09. The van der Waals surface area contributed by atoms with E-state index in [0.717, 1.165) is 5.69 Å². The van der Waals surface area contributed by atoms with Crippen molar-refractivity contribution in [3.8, 4) is 6.07 Å². The van der Waals surface area contributed by atoms with Crippen LogP contribution in [-0.2, 0) is 4.74 Å². The minimum absolute atomic E-state index is 0.151. The summed E-state index contributed by atoms with van der Waals surface area (Å²) in [5.74, 6) is -0.321. The maximum atomic E-state index is 12.4. The number of amides is 2. The number of nitriles is 1. The van der Waals surface area contributed by atoms with Gasteiger partial charge in [-0.05, 0) is 55.5 Å². The normalized spacial score (nSPS) is 13.6. The Morgan fingerprint density at radius 2 is 1.68 bits per heavy atom. The lowest BCUT2D eigenvalue weighted by Crippen LogP contribution is -2.50. The van der Waals surface area contributed by atoms with Gasteiger partial charge in [-0.3, -0.25) is 0 Å². The van der Waals surface area contributed by atoms with E-state index in [-0.39, 0.29) is 12.0 Å². The van der Waals surface area contributed by atoms with Gasteiger partial charge in [0.05, 0.1) is 23.8 Å². The van der Waals surface area contributed by atoms with Crippen LogP contribution in [0.25, 0.3) is 0 Å². The Kier molecular flexibility index (Phi) is 6.12. The second-order valence-electron chi connectivity index (χ2n) is 6.36. The van der Waals surface area contributed by atoms with Crippen LogP contribution in [0, 0.1) is 11.3 Å². The molecular weight excluding hydrogens is 356 g/mol. The van der Waals surface area contributed by atoms with E-state index < -0.39 is 0 Å². The Morgan fingerprint density at radius 3 is 2.25 bits per heavy atom. The fraction of sp³-hybridized carbons (Fsp3) is 0.286. The fourth-order valence-electron chi connectivity index (χ4n) is 3.02. The van der Waals surface area contributed by atoms with Crippen LogP contribution in [0.15, 0.2) is 48.5 Å². The zero-order chi connectivity index (χ0) is 19.9. The molecule has 0 atom stereocenters. The van der Waals surface area contributed by atoms with Gasteiger partial charge in [0.15, 0.2) is 0 Å². The van der Waals surface area contributed by atoms with Gasteiger partial charge in [0.25, 0.3) is 0 Å². The number of urea groups is 1. The first-order chi connectivity index (χ1) is 13.6. The highest BCUT2D eigenvalue weighted by molar-refractivity contribution is 5.90. The highest BCUT2D eigenvalue weighted by Crippen LogP contribution is 2.18. The van der Waals surface area contributed by atoms with Gasteiger partial charge in [0.2, 0.25) is 0 Å². The van der Waals surface area contributed by atoms with Crippen LogP contribution in [0.1, 0.15) is 22.8 Å². The maximum absolute atomic E-state index is 12.4. The van der Waals surface area contributed by atoms with E-state index in [2.05, 4.69) is 16.3 Å². The number of hydrogen-bond acceptors (Lipinski definition) is 5. The summed E-state index contributed by atoms with van der Waals surface area (Å²) in [6, 6.07) is 16.0. The number of esters is 1. The number of piperazine rings is 1. The molecule has 1 heterocycles. The number of carbonyl (C=O) groups excluding carboxylic acids is 2.